The lowest BCUT2D eigenvalue weighted by Gasteiger charge is -2.40. The van der Waals surface area contributed by atoms with Crippen molar-refractivity contribution in [2.75, 3.05) is 23.9 Å². The summed E-state index contributed by atoms with van der Waals surface area (Å²) in [5.41, 5.74) is 1.78. The molecule has 0 atom stereocenters. The van der Waals surface area contributed by atoms with Crippen molar-refractivity contribution in [1.82, 2.24) is 24.5 Å². The van der Waals surface area contributed by atoms with Crippen molar-refractivity contribution in [3.63, 3.8) is 0 Å². The summed E-state index contributed by atoms with van der Waals surface area (Å²) >= 11 is 0. The van der Waals surface area contributed by atoms with Crippen LogP contribution in [0.15, 0.2) is 37.1 Å². The number of fused-ring (bicyclic) bond motifs is 1. The van der Waals surface area contributed by atoms with Crippen LogP contribution in [0.2, 0.25) is 0 Å². The van der Waals surface area contributed by atoms with Gasteiger partial charge in [-0.05, 0) is 32.9 Å². The minimum Gasteiger partial charge on any atom is -0.486 e. The number of ether oxygens (including phenoxy) is 1. The maximum Gasteiger partial charge on any atom is 0.230 e. The van der Waals surface area contributed by atoms with Gasteiger partial charge in [0.15, 0.2) is 11.6 Å². The molecule has 0 fully saturated rings. The van der Waals surface area contributed by atoms with E-state index in [4.69, 9.17) is 4.74 Å². The third kappa shape index (κ3) is 2.94. The maximum absolute atomic E-state index is 5.76. The average Bonchev–Trinajstić information content (AvgIpc) is 3.06. The average molecular weight is 351 g/mol. The summed E-state index contributed by atoms with van der Waals surface area (Å²) in [6.45, 7) is 6.78. The van der Waals surface area contributed by atoms with Gasteiger partial charge in [-0.1, -0.05) is 0 Å². The first-order chi connectivity index (χ1) is 12.4. The molecular weight excluding hydrogens is 330 g/mol. The molecule has 0 amide bonds. The lowest BCUT2D eigenvalue weighted by molar-refractivity contribution is 0.215. The van der Waals surface area contributed by atoms with Crippen molar-refractivity contribution in [2.24, 2.45) is 0 Å². The first-order valence-electron chi connectivity index (χ1n) is 8.40. The number of aromatic nitrogens is 5. The minimum atomic E-state index is -0.124. The molecule has 8 heteroatoms. The fraction of sp³-hybridized carbons (Fsp3) is 0.333. The van der Waals surface area contributed by atoms with Crippen LogP contribution in [0.25, 0.3) is 5.69 Å². The number of nitrogens with zero attached hydrogens (tertiary/aromatic N) is 6. The zero-order chi connectivity index (χ0) is 18.3. The Morgan fingerprint density at radius 2 is 2.00 bits per heavy atom. The fourth-order valence-corrected chi connectivity index (χ4v) is 2.69. The van der Waals surface area contributed by atoms with E-state index in [1.807, 2.05) is 36.9 Å². The Bertz CT molecular complexity index is 933. The minimum absolute atomic E-state index is 0.124. The summed E-state index contributed by atoms with van der Waals surface area (Å²) in [6, 6.07) is 3.85. The predicted molar refractivity (Wildman–Crippen MR) is 99.4 cm³/mol. The van der Waals surface area contributed by atoms with Crippen molar-refractivity contribution in [3.8, 4) is 11.4 Å². The summed E-state index contributed by atoms with van der Waals surface area (Å²) in [5.74, 6) is 2.61. The molecule has 4 heterocycles. The van der Waals surface area contributed by atoms with Crippen LogP contribution in [0.1, 0.15) is 19.5 Å². The van der Waals surface area contributed by atoms with Gasteiger partial charge in [0, 0.05) is 13.2 Å². The summed E-state index contributed by atoms with van der Waals surface area (Å²) < 4.78 is 7.69. The van der Waals surface area contributed by atoms with Crippen LogP contribution in [0.4, 0.5) is 17.6 Å². The molecule has 134 valence electrons. The second-order valence-corrected chi connectivity index (χ2v) is 6.99. The molecule has 8 nitrogen and oxygen atoms in total. The molecule has 1 aliphatic heterocycles. The lowest BCUT2D eigenvalue weighted by atomic mass is 10.0. The number of pyridine rings is 1. The van der Waals surface area contributed by atoms with Crippen LogP contribution in [0.5, 0.6) is 5.75 Å². The van der Waals surface area contributed by atoms with E-state index < -0.39 is 0 Å². The number of imidazole rings is 1. The Morgan fingerprint density at radius 1 is 1.15 bits per heavy atom. The molecule has 1 aliphatic rings. The van der Waals surface area contributed by atoms with Crippen molar-refractivity contribution in [3.05, 3.63) is 42.7 Å². The number of hydrogen-bond acceptors (Lipinski definition) is 7. The summed E-state index contributed by atoms with van der Waals surface area (Å²) in [7, 11) is 2.01. The van der Waals surface area contributed by atoms with Gasteiger partial charge in [-0.25, -0.2) is 15.0 Å². The van der Waals surface area contributed by atoms with E-state index in [9.17, 15) is 0 Å². The van der Waals surface area contributed by atoms with E-state index in [1.54, 1.807) is 18.7 Å². The second-order valence-electron chi connectivity index (χ2n) is 6.99. The normalized spacial score (nSPS) is 15.3. The van der Waals surface area contributed by atoms with E-state index in [1.165, 1.54) is 0 Å². The number of rotatable bonds is 3. The number of aryl methyl sites for hydroxylation is 1. The van der Waals surface area contributed by atoms with E-state index in [-0.39, 0.29) is 5.54 Å². The Labute approximate surface area is 151 Å². The van der Waals surface area contributed by atoms with Crippen LogP contribution in [-0.4, -0.2) is 43.7 Å². The monoisotopic (exact) mass is 351 g/mol. The Hall–Kier alpha value is -3.16. The van der Waals surface area contributed by atoms with Crippen LogP contribution in [0.3, 0.4) is 0 Å². The highest BCUT2D eigenvalue weighted by Crippen LogP contribution is 2.35. The van der Waals surface area contributed by atoms with E-state index in [2.05, 4.69) is 44.0 Å². The Kier molecular flexibility index (Phi) is 3.75. The lowest BCUT2D eigenvalue weighted by Crippen LogP contribution is -2.49. The largest absolute Gasteiger partial charge is 0.486 e. The molecule has 0 spiro atoms. The van der Waals surface area contributed by atoms with Gasteiger partial charge in [-0.2, -0.15) is 4.98 Å². The third-order valence-corrected chi connectivity index (χ3v) is 4.54. The van der Waals surface area contributed by atoms with Crippen LogP contribution < -0.4 is 15.0 Å². The molecule has 3 aromatic heterocycles. The molecule has 4 rings (SSSR count). The van der Waals surface area contributed by atoms with E-state index in [0.29, 0.717) is 24.1 Å². The first kappa shape index (κ1) is 16.3. The van der Waals surface area contributed by atoms with Crippen molar-refractivity contribution in [2.45, 2.75) is 26.3 Å². The number of anilines is 3. The van der Waals surface area contributed by atoms with Crippen molar-refractivity contribution >= 4 is 17.6 Å². The standard InChI is InChI=1S/C18H21N7O/c1-12-9-25(11-21-12)13-5-6-15(19-7-13)22-17-20-8-14-16(23-17)24(4)18(2,3)10-26-14/h5-9,11H,10H2,1-4H3,(H,19,20,22,23). The van der Waals surface area contributed by atoms with Crippen molar-refractivity contribution < 1.29 is 4.74 Å². The molecular formula is C18H21N7O. The SMILES string of the molecule is Cc1cn(-c2ccc(Nc3ncc4c(n3)N(C)C(C)(C)CO4)nc2)cn1. The molecule has 3 aromatic rings. The van der Waals surface area contributed by atoms with Crippen molar-refractivity contribution in [1.29, 1.82) is 0 Å². The molecule has 0 aliphatic carbocycles. The molecule has 0 unspecified atom stereocenters. The summed E-state index contributed by atoms with van der Waals surface area (Å²) in [5, 5.41) is 3.15. The first-order valence-corrected chi connectivity index (χ1v) is 8.40. The van der Waals surface area contributed by atoms with Gasteiger partial charge in [0.25, 0.3) is 0 Å². The highest BCUT2D eigenvalue weighted by molar-refractivity contribution is 5.59. The van der Waals surface area contributed by atoms with Gasteiger partial charge in [0.05, 0.1) is 35.6 Å². The molecule has 0 saturated heterocycles. The Morgan fingerprint density at radius 3 is 2.69 bits per heavy atom. The molecule has 26 heavy (non-hydrogen) atoms. The quantitative estimate of drug-likeness (QED) is 0.777. The predicted octanol–water partition coefficient (Wildman–Crippen LogP) is 2.72. The highest BCUT2D eigenvalue weighted by atomic mass is 16.5. The highest BCUT2D eigenvalue weighted by Gasteiger charge is 2.33. The van der Waals surface area contributed by atoms with Crippen LogP contribution in [-0.2, 0) is 0 Å². The van der Waals surface area contributed by atoms with Gasteiger partial charge < -0.3 is 19.5 Å². The van der Waals surface area contributed by atoms with Gasteiger partial charge in [0.2, 0.25) is 5.95 Å². The van der Waals surface area contributed by atoms with Gasteiger partial charge in [-0.3, -0.25) is 0 Å². The van der Waals surface area contributed by atoms with Crippen LogP contribution in [0, 0.1) is 6.92 Å². The smallest absolute Gasteiger partial charge is 0.230 e. The molecule has 0 aromatic carbocycles. The number of hydrogen-bond donors (Lipinski definition) is 1. The molecule has 0 bridgehead atoms. The molecule has 0 saturated carbocycles. The Balaban J connectivity index is 1.55. The topological polar surface area (TPSA) is 81.0 Å². The molecule has 1 N–H and O–H groups in total. The van der Waals surface area contributed by atoms with Gasteiger partial charge >= 0.3 is 0 Å². The van der Waals surface area contributed by atoms with Gasteiger partial charge in [-0.15, -0.1) is 0 Å². The third-order valence-electron chi connectivity index (χ3n) is 4.54. The van der Waals surface area contributed by atoms with Gasteiger partial charge in [0.1, 0.15) is 12.4 Å². The van der Waals surface area contributed by atoms with Crippen LogP contribution >= 0.6 is 0 Å². The molecule has 0 radical (unpaired) electrons. The van der Waals surface area contributed by atoms with E-state index >= 15 is 0 Å². The zero-order valence-corrected chi connectivity index (χ0v) is 15.3. The number of nitrogens with one attached hydrogen (secondary N) is 1. The summed E-state index contributed by atoms with van der Waals surface area (Å²) in [4.78, 5) is 19.7. The summed E-state index contributed by atoms with van der Waals surface area (Å²) in [6.07, 6.45) is 7.19. The van der Waals surface area contributed by atoms with E-state index in [0.717, 1.165) is 17.2 Å². The number of likely N-dealkylation sites (N-methyl/N-ethyl adjacent to an activating group) is 1. The zero-order valence-electron chi connectivity index (χ0n) is 15.3. The second kappa shape index (κ2) is 5.98. The fourth-order valence-electron chi connectivity index (χ4n) is 2.69. The maximum atomic E-state index is 5.76.